The molecule has 1 aromatic heterocycles. The Morgan fingerprint density at radius 2 is 2.08 bits per heavy atom. The van der Waals surface area contributed by atoms with Gasteiger partial charge in [0.1, 0.15) is 23.2 Å². The lowest BCUT2D eigenvalue weighted by molar-refractivity contribution is 0.272. The van der Waals surface area contributed by atoms with E-state index in [4.69, 9.17) is 10.5 Å². The molecule has 0 radical (unpaired) electrons. The molecule has 3 rings (SSSR count). The van der Waals surface area contributed by atoms with Crippen molar-refractivity contribution in [3.63, 3.8) is 0 Å². The third-order valence-corrected chi connectivity index (χ3v) is 4.22. The summed E-state index contributed by atoms with van der Waals surface area (Å²) in [6, 6.07) is 9.17. The van der Waals surface area contributed by atoms with Gasteiger partial charge >= 0.3 is 0 Å². The van der Waals surface area contributed by atoms with Crippen LogP contribution in [0, 0.1) is 24.1 Å². The van der Waals surface area contributed by atoms with Crippen LogP contribution in [0.25, 0.3) is 0 Å². The van der Waals surface area contributed by atoms with Crippen LogP contribution in [0.15, 0.2) is 46.6 Å². The first kappa shape index (κ1) is 16.7. The number of hydrogen-bond acceptors (Lipinski definition) is 5. The number of benzene rings is 1. The van der Waals surface area contributed by atoms with Crippen molar-refractivity contribution in [2.45, 2.75) is 19.4 Å². The molecule has 0 bridgehead atoms. The summed E-state index contributed by atoms with van der Waals surface area (Å²) in [6.07, 6.45) is 0. The highest BCUT2D eigenvalue weighted by Crippen LogP contribution is 2.40. The lowest BCUT2D eigenvalue weighted by Gasteiger charge is -2.27. The van der Waals surface area contributed by atoms with E-state index in [1.165, 1.54) is 28.8 Å². The van der Waals surface area contributed by atoms with E-state index in [-0.39, 0.29) is 41.5 Å². The van der Waals surface area contributed by atoms with Crippen molar-refractivity contribution in [2.24, 2.45) is 5.73 Å². The Morgan fingerprint density at radius 3 is 2.68 bits per heavy atom. The van der Waals surface area contributed by atoms with Crippen molar-refractivity contribution in [1.82, 2.24) is 4.57 Å². The number of rotatable bonds is 3. The molecule has 25 heavy (non-hydrogen) atoms. The molecule has 128 valence electrons. The third-order valence-electron chi connectivity index (χ3n) is 4.22. The molecule has 0 amide bonds. The number of nitrogens with two attached hydrogens (primary N) is 1. The average Bonchev–Trinajstić information content (AvgIpc) is 2.58. The number of ether oxygens (including phenoxy) is 1. The summed E-state index contributed by atoms with van der Waals surface area (Å²) in [6.45, 7) is 1.63. The number of hydrogen-bond donors (Lipinski definition) is 2. The van der Waals surface area contributed by atoms with Crippen molar-refractivity contribution in [3.8, 4) is 11.8 Å². The molecule has 1 aliphatic rings. The second-order valence-corrected chi connectivity index (χ2v) is 5.72. The number of halogens is 1. The SMILES string of the molecule is Cc1cc2c(c(=O)n1CCO)C(c1ccc(F)cc1)C(C#N)=C(N)O2. The Hall–Kier alpha value is -3.11. The number of nitrogens with zero attached hydrogens (tertiary/aromatic N) is 2. The van der Waals surface area contributed by atoms with Gasteiger partial charge in [-0.2, -0.15) is 5.26 Å². The Labute approximate surface area is 143 Å². The topological polar surface area (TPSA) is 101 Å². The van der Waals surface area contributed by atoms with E-state index in [1.54, 1.807) is 13.0 Å². The van der Waals surface area contributed by atoms with E-state index >= 15 is 0 Å². The molecule has 2 heterocycles. The van der Waals surface area contributed by atoms with Gasteiger partial charge < -0.3 is 20.1 Å². The van der Waals surface area contributed by atoms with Crippen LogP contribution in [0.4, 0.5) is 4.39 Å². The number of aliphatic hydroxyl groups excluding tert-OH is 1. The number of fused-ring (bicyclic) bond motifs is 1. The minimum atomic E-state index is -0.757. The van der Waals surface area contributed by atoms with Gasteiger partial charge in [0.15, 0.2) is 0 Å². The molecule has 0 spiro atoms. The standard InChI is InChI=1S/C18H16FN3O3/c1-10-8-14-16(18(24)22(10)6-7-23)15(13(9-20)17(21)25-14)11-2-4-12(19)5-3-11/h2-5,8,15,23H,6-7,21H2,1H3. The molecule has 0 saturated carbocycles. The van der Waals surface area contributed by atoms with Crippen molar-refractivity contribution < 1.29 is 14.2 Å². The van der Waals surface area contributed by atoms with E-state index in [0.717, 1.165) is 0 Å². The van der Waals surface area contributed by atoms with Gasteiger partial charge in [-0.25, -0.2) is 4.39 Å². The van der Waals surface area contributed by atoms with Crippen molar-refractivity contribution in [1.29, 1.82) is 5.26 Å². The minimum Gasteiger partial charge on any atom is -0.440 e. The number of pyridine rings is 1. The van der Waals surface area contributed by atoms with Gasteiger partial charge in [0, 0.05) is 18.3 Å². The predicted molar refractivity (Wildman–Crippen MR) is 88.2 cm³/mol. The van der Waals surface area contributed by atoms with Crippen LogP contribution in [0.3, 0.4) is 0 Å². The first-order valence-electron chi connectivity index (χ1n) is 7.66. The molecule has 1 aromatic carbocycles. The molecule has 0 aliphatic carbocycles. The maximum Gasteiger partial charge on any atom is 0.258 e. The summed E-state index contributed by atoms with van der Waals surface area (Å²) in [5.74, 6) is -0.994. The van der Waals surface area contributed by atoms with Crippen molar-refractivity contribution >= 4 is 0 Å². The molecule has 2 aromatic rings. The minimum absolute atomic E-state index is 0.0805. The van der Waals surface area contributed by atoms with Crippen LogP contribution >= 0.6 is 0 Å². The number of allylic oxidation sites excluding steroid dienone is 1. The maximum absolute atomic E-state index is 13.3. The van der Waals surface area contributed by atoms with Gasteiger partial charge in [-0.3, -0.25) is 4.79 Å². The molecular weight excluding hydrogens is 325 g/mol. The summed E-state index contributed by atoms with van der Waals surface area (Å²) in [5.41, 5.74) is 6.99. The zero-order valence-corrected chi connectivity index (χ0v) is 13.5. The lowest BCUT2D eigenvalue weighted by Crippen LogP contribution is -2.33. The Morgan fingerprint density at radius 1 is 1.40 bits per heavy atom. The van der Waals surface area contributed by atoms with Crippen LogP contribution in [-0.2, 0) is 6.54 Å². The number of aliphatic hydroxyl groups is 1. The highest BCUT2D eigenvalue weighted by atomic mass is 19.1. The number of aromatic nitrogens is 1. The van der Waals surface area contributed by atoms with E-state index in [2.05, 4.69) is 0 Å². The first-order valence-corrected chi connectivity index (χ1v) is 7.66. The van der Waals surface area contributed by atoms with Crippen LogP contribution in [0.2, 0.25) is 0 Å². The van der Waals surface area contributed by atoms with Crippen LogP contribution in [-0.4, -0.2) is 16.3 Å². The molecule has 1 unspecified atom stereocenters. The third kappa shape index (κ3) is 2.77. The quantitative estimate of drug-likeness (QED) is 0.881. The summed E-state index contributed by atoms with van der Waals surface area (Å²) in [5, 5.41) is 18.7. The Balaban J connectivity index is 2.30. The Kier molecular flexibility index (Phi) is 4.30. The largest absolute Gasteiger partial charge is 0.440 e. The van der Waals surface area contributed by atoms with E-state index < -0.39 is 11.7 Å². The van der Waals surface area contributed by atoms with Crippen molar-refractivity contribution in [2.75, 3.05) is 6.61 Å². The van der Waals surface area contributed by atoms with E-state index in [9.17, 15) is 19.6 Å². The number of aryl methyl sites for hydroxylation is 1. The molecule has 0 fully saturated rings. The normalized spacial score (nSPS) is 16.2. The van der Waals surface area contributed by atoms with Crippen molar-refractivity contribution in [3.05, 3.63) is 74.8 Å². The van der Waals surface area contributed by atoms with Crippen LogP contribution in [0.5, 0.6) is 5.75 Å². The highest BCUT2D eigenvalue weighted by Gasteiger charge is 2.34. The zero-order chi connectivity index (χ0) is 18.1. The first-order chi connectivity index (χ1) is 12.0. The van der Waals surface area contributed by atoms with Gasteiger partial charge in [-0.15, -0.1) is 0 Å². The molecule has 1 aliphatic heterocycles. The van der Waals surface area contributed by atoms with Gasteiger partial charge in [0.2, 0.25) is 5.88 Å². The number of nitriles is 1. The Bertz CT molecular complexity index is 955. The van der Waals surface area contributed by atoms with Gasteiger partial charge in [-0.1, -0.05) is 12.1 Å². The fraction of sp³-hybridized carbons (Fsp3) is 0.222. The molecule has 7 heteroatoms. The van der Waals surface area contributed by atoms with Crippen LogP contribution in [0.1, 0.15) is 22.7 Å². The monoisotopic (exact) mass is 341 g/mol. The molecule has 3 N–H and O–H groups in total. The highest BCUT2D eigenvalue weighted by molar-refractivity contribution is 5.55. The molecule has 6 nitrogen and oxygen atoms in total. The fourth-order valence-electron chi connectivity index (χ4n) is 3.05. The zero-order valence-electron chi connectivity index (χ0n) is 13.5. The predicted octanol–water partition coefficient (Wildman–Crippen LogP) is 1.51. The molecule has 0 saturated heterocycles. The average molecular weight is 341 g/mol. The lowest BCUT2D eigenvalue weighted by atomic mass is 9.84. The summed E-state index contributed by atoms with van der Waals surface area (Å²) in [7, 11) is 0. The summed E-state index contributed by atoms with van der Waals surface area (Å²) < 4.78 is 20.2. The molecule has 1 atom stereocenters. The van der Waals surface area contributed by atoms with E-state index in [0.29, 0.717) is 11.3 Å². The second kappa shape index (κ2) is 6.42. The van der Waals surface area contributed by atoms with Gasteiger partial charge in [0.05, 0.1) is 18.1 Å². The fourth-order valence-corrected chi connectivity index (χ4v) is 3.05. The summed E-state index contributed by atoms with van der Waals surface area (Å²) >= 11 is 0. The van der Waals surface area contributed by atoms with Crippen LogP contribution < -0.4 is 16.0 Å². The van der Waals surface area contributed by atoms with Gasteiger partial charge in [0.25, 0.3) is 5.56 Å². The second-order valence-electron chi connectivity index (χ2n) is 5.72. The maximum atomic E-state index is 13.3. The van der Waals surface area contributed by atoms with E-state index in [1.807, 2.05) is 6.07 Å². The summed E-state index contributed by atoms with van der Waals surface area (Å²) in [4.78, 5) is 13.0. The smallest absolute Gasteiger partial charge is 0.258 e. The molecular formula is C18H16FN3O3. The van der Waals surface area contributed by atoms with Gasteiger partial charge in [-0.05, 0) is 24.6 Å².